The largest absolute Gasteiger partial charge is 0.481 e. The lowest BCUT2D eigenvalue weighted by Crippen LogP contribution is -2.28. The third kappa shape index (κ3) is 3.50. The number of carboxylic acid groups (broad SMARTS) is 1. The Bertz CT molecular complexity index is 435. The molecule has 2 unspecified atom stereocenters. The zero-order chi connectivity index (χ0) is 13.9. The van der Waals surface area contributed by atoms with E-state index in [-0.39, 0.29) is 17.9 Å². The van der Waals surface area contributed by atoms with Gasteiger partial charge >= 0.3 is 5.97 Å². The van der Waals surface area contributed by atoms with Crippen LogP contribution in [0.4, 0.5) is 8.78 Å². The van der Waals surface area contributed by atoms with Crippen molar-refractivity contribution in [3.8, 4) is 0 Å². The normalized spacial score (nSPS) is 14.6. The molecule has 0 fully saturated rings. The van der Waals surface area contributed by atoms with Crippen molar-refractivity contribution in [1.29, 1.82) is 0 Å². The molecule has 1 N–H and O–H groups in total. The van der Waals surface area contributed by atoms with E-state index in [1.807, 2.05) is 0 Å². The number of aliphatic carboxylic acids is 1. The molecule has 5 heteroatoms. The fraction of sp³-hybridized carbons (Fsp3) is 0.462. The van der Waals surface area contributed by atoms with Gasteiger partial charge in [-0.05, 0) is 38.2 Å². The Labute approximate surface area is 105 Å². The highest BCUT2D eigenvalue weighted by Gasteiger charge is 2.26. The summed E-state index contributed by atoms with van der Waals surface area (Å²) >= 11 is 0. The van der Waals surface area contributed by atoms with Crippen molar-refractivity contribution in [3.63, 3.8) is 0 Å². The summed E-state index contributed by atoms with van der Waals surface area (Å²) in [5.74, 6) is -2.33. The van der Waals surface area contributed by atoms with Crippen molar-refractivity contribution in [2.45, 2.75) is 19.4 Å². The van der Waals surface area contributed by atoms with Crippen molar-refractivity contribution in [2.24, 2.45) is 5.92 Å². The lowest BCUT2D eigenvalue weighted by atomic mass is 9.90. The van der Waals surface area contributed by atoms with Gasteiger partial charge in [0.25, 0.3) is 0 Å². The van der Waals surface area contributed by atoms with Crippen LogP contribution in [0, 0.1) is 17.6 Å². The standard InChI is InChI=1S/C13H17F2NO2/c1-8(6-12(17)18)13(16(2)3)10-7-9(14)4-5-11(10)15/h4-5,7-8,13H,6H2,1-3H3,(H,17,18). The number of hydrogen-bond acceptors (Lipinski definition) is 2. The molecule has 0 aliphatic heterocycles. The van der Waals surface area contributed by atoms with Crippen LogP contribution < -0.4 is 0 Å². The van der Waals surface area contributed by atoms with Crippen LogP contribution in [0.1, 0.15) is 24.9 Å². The van der Waals surface area contributed by atoms with Crippen LogP contribution in [0.2, 0.25) is 0 Å². The van der Waals surface area contributed by atoms with Gasteiger partial charge in [-0.1, -0.05) is 6.92 Å². The maximum Gasteiger partial charge on any atom is 0.303 e. The molecule has 3 nitrogen and oxygen atoms in total. The van der Waals surface area contributed by atoms with Gasteiger partial charge in [0.2, 0.25) is 0 Å². The first kappa shape index (κ1) is 14.6. The van der Waals surface area contributed by atoms with Crippen molar-refractivity contribution >= 4 is 5.97 Å². The first-order valence-corrected chi connectivity index (χ1v) is 5.66. The average molecular weight is 257 g/mol. The maximum atomic E-state index is 13.7. The zero-order valence-corrected chi connectivity index (χ0v) is 10.7. The summed E-state index contributed by atoms with van der Waals surface area (Å²) in [7, 11) is 3.43. The van der Waals surface area contributed by atoms with Gasteiger partial charge in [-0.2, -0.15) is 0 Å². The fourth-order valence-electron chi connectivity index (χ4n) is 2.22. The Morgan fingerprint density at radius 2 is 2.00 bits per heavy atom. The first-order chi connectivity index (χ1) is 8.32. The molecule has 0 aromatic heterocycles. The summed E-state index contributed by atoms with van der Waals surface area (Å²) < 4.78 is 26.9. The minimum Gasteiger partial charge on any atom is -0.481 e. The Morgan fingerprint density at radius 3 is 2.50 bits per heavy atom. The Balaban J connectivity index is 3.11. The number of carboxylic acids is 1. The highest BCUT2D eigenvalue weighted by atomic mass is 19.1. The highest BCUT2D eigenvalue weighted by molar-refractivity contribution is 5.67. The highest BCUT2D eigenvalue weighted by Crippen LogP contribution is 2.31. The van der Waals surface area contributed by atoms with E-state index in [1.54, 1.807) is 25.9 Å². The van der Waals surface area contributed by atoms with E-state index in [4.69, 9.17) is 5.11 Å². The topological polar surface area (TPSA) is 40.5 Å². The summed E-state index contributed by atoms with van der Waals surface area (Å²) in [6.45, 7) is 1.71. The van der Waals surface area contributed by atoms with Crippen LogP contribution in [0.3, 0.4) is 0 Å². The van der Waals surface area contributed by atoms with Crippen LogP contribution in [0.15, 0.2) is 18.2 Å². The van der Waals surface area contributed by atoms with Gasteiger partial charge in [-0.3, -0.25) is 4.79 Å². The molecule has 0 spiro atoms. The van der Waals surface area contributed by atoms with Gasteiger partial charge in [0.1, 0.15) is 11.6 Å². The van der Waals surface area contributed by atoms with Gasteiger partial charge in [0, 0.05) is 18.0 Å². The predicted octanol–water partition coefficient (Wildman–Crippen LogP) is 2.68. The Hall–Kier alpha value is -1.49. The maximum absolute atomic E-state index is 13.7. The fourth-order valence-corrected chi connectivity index (χ4v) is 2.22. The van der Waals surface area contributed by atoms with E-state index >= 15 is 0 Å². The van der Waals surface area contributed by atoms with E-state index in [9.17, 15) is 13.6 Å². The second-order valence-corrected chi connectivity index (χ2v) is 4.65. The van der Waals surface area contributed by atoms with Gasteiger partial charge in [-0.15, -0.1) is 0 Å². The van der Waals surface area contributed by atoms with Gasteiger partial charge in [0.15, 0.2) is 0 Å². The van der Waals surface area contributed by atoms with Crippen LogP contribution in [0.5, 0.6) is 0 Å². The van der Waals surface area contributed by atoms with Crippen LogP contribution >= 0.6 is 0 Å². The summed E-state index contributed by atoms with van der Waals surface area (Å²) in [4.78, 5) is 12.4. The second-order valence-electron chi connectivity index (χ2n) is 4.65. The SMILES string of the molecule is CC(CC(=O)O)C(c1cc(F)ccc1F)N(C)C. The lowest BCUT2D eigenvalue weighted by molar-refractivity contribution is -0.138. The number of carbonyl (C=O) groups is 1. The van der Waals surface area contributed by atoms with Crippen molar-refractivity contribution in [2.75, 3.05) is 14.1 Å². The number of benzene rings is 1. The number of hydrogen-bond donors (Lipinski definition) is 1. The molecule has 0 heterocycles. The van der Waals surface area contributed by atoms with Crippen LogP contribution in [0.25, 0.3) is 0 Å². The molecule has 1 aromatic carbocycles. The Kier molecular flexibility index (Phi) is 4.78. The minimum absolute atomic E-state index is 0.0984. The molecule has 0 aliphatic rings. The predicted molar refractivity (Wildman–Crippen MR) is 64.2 cm³/mol. The summed E-state index contributed by atoms with van der Waals surface area (Å²) in [5.41, 5.74) is 0.189. The summed E-state index contributed by atoms with van der Waals surface area (Å²) in [5, 5.41) is 8.80. The van der Waals surface area contributed by atoms with Crippen molar-refractivity contribution in [3.05, 3.63) is 35.4 Å². The molecular formula is C13H17F2NO2. The average Bonchev–Trinajstić information content (AvgIpc) is 2.21. The number of halogens is 2. The third-order valence-corrected chi connectivity index (χ3v) is 2.87. The minimum atomic E-state index is -0.953. The van der Waals surface area contributed by atoms with E-state index < -0.39 is 23.6 Å². The lowest BCUT2D eigenvalue weighted by Gasteiger charge is -2.30. The monoisotopic (exact) mass is 257 g/mol. The van der Waals surface area contributed by atoms with Gasteiger partial charge in [-0.25, -0.2) is 8.78 Å². The molecule has 2 atom stereocenters. The van der Waals surface area contributed by atoms with Crippen molar-refractivity contribution in [1.82, 2.24) is 4.90 Å². The second kappa shape index (κ2) is 5.91. The molecule has 0 saturated heterocycles. The molecule has 0 radical (unpaired) electrons. The quantitative estimate of drug-likeness (QED) is 0.881. The molecule has 1 aromatic rings. The number of rotatable bonds is 5. The van der Waals surface area contributed by atoms with Gasteiger partial charge in [0.05, 0.1) is 0 Å². The zero-order valence-electron chi connectivity index (χ0n) is 10.7. The molecule has 100 valence electrons. The molecule has 0 aliphatic carbocycles. The summed E-state index contributed by atoms with van der Waals surface area (Å²) in [6, 6.07) is 2.76. The summed E-state index contributed by atoms with van der Waals surface area (Å²) in [6.07, 6.45) is -0.0984. The molecule has 18 heavy (non-hydrogen) atoms. The van der Waals surface area contributed by atoms with Crippen molar-refractivity contribution < 1.29 is 18.7 Å². The van der Waals surface area contributed by atoms with Gasteiger partial charge < -0.3 is 10.0 Å². The van der Waals surface area contributed by atoms with Crippen LogP contribution in [-0.2, 0) is 4.79 Å². The molecule has 0 amide bonds. The smallest absolute Gasteiger partial charge is 0.303 e. The van der Waals surface area contributed by atoms with Crippen LogP contribution in [-0.4, -0.2) is 30.1 Å². The number of nitrogens with zero attached hydrogens (tertiary/aromatic N) is 1. The first-order valence-electron chi connectivity index (χ1n) is 5.66. The Morgan fingerprint density at radius 1 is 1.39 bits per heavy atom. The molecule has 1 rings (SSSR count). The molecule has 0 saturated carbocycles. The third-order valence-electron chi connectivity index (χ3n) is 2.87. The van der Waals surface area contributed by atoms with E-state index in [1.165, 1.54) is 0 Å². The van der Waals surface area contributed by atoms with E-state index in [0.717, 1.165) is 18.2 Å². The van der Waals surface area contributed by atoms with E-state index in [2.05, 4.69) is 0 Å². The molecular weight excluding hydrogens is 240 g/mol. The molecule has 0 bridgehead atoms. The van der Waals surface area contributed by atoms with E-state index in [0.29, 0.717) is 0 Å².